The van der Waals surface area contributed by atoms with Gasteiger partial charge in [0.05, 0.1) is 0 Å². The third-order valence-electron chi connectivity index (χ3n) is 4.10. The van der Waals surface area contributed by atoms with Crippen LogP contribution in [0.3, 0.4) is 0 Å². The molecule has 2 aliphatic rings. The van der Waals surface area contributed by atoms with Gasteiger partial charge < -0.3 is 5.32 Å². The van der Waals surface area contributed by atoms with Crippen molar-refractivity contribution in [2.24, 2.45) is 17.3 Å². The summed E-state index contributed by atoms with van der Waals surface area (Å²) in [5.74, 6) is 0.881. The maximum absolute atomic E-state index is 13.8. The number of hydrogen-bond donors (Lipinski definition) is 1. The molecule has 1 saturated heterocycles. The maximum atomic E-state index is 13.8. The summed E-state index contributed by atoms with van der Waals surface area (Å²) in [6, 6.07) is 0.922. The van der Waals surface area contributed by atoms with Gasteiger partial charge in [0.15, 0.2) is 0 Å². The van der Waals surface area contributed by atoms with Gasteiger partial charge in [-0.1, -0.05) is 20.8 Å². The highest BCUT2D eigenvalue weighted by molar-refractivity contribution is 5.03. The molecule has 0 amide bonds. The van der Waals surface area contributed by atoms with E-state index in [4.69, 9.17) is 0 Å². The Hall–Kier alpha value is -0.110. The lowest BCUT2D eigenvalue weighted by Gasteiger charge is -2.28. The van der Waals surface area contributed by atoms with Crippen LogP contribution in [0.1, 0.15) is 47.0 Å². The van der Waals surface area contributed by atoms with Crippen molar-refractivity contribution in [3.05, 3.63) is 0 Å². The highest BCUT2D eigenvalue weighted by Gasteiger charge is 2.49. The highest BCUT2D eigenvalue weighted by atomic mass is 19.1. The van der Waals surface area contributed by atoms with E-state index in [1.165, 1.54) is 0 Å². The third-order valence-corrected chi connectivity index (χ3v) is 4.10. The number of halogens is 1. The Bertz CT molecular complexity index is 233. The van der Waals surface area contributed by atoms with Crippen LogP contribution < -0.4 is 5.32 Å². The van der Waals surface area contributed by atoms with Crippen molar-refractivity contribution in [2.75, 3.05) is 0 Å². The van der Waals surface area contributed by atoms with Crippen molar-refractivity contribution < 1.29 is 4.39 Å². The summed E-state index contributed by atoms with van der Waals surface area (Å²) in [5, 5.41) is 3.60. The lowest BCUT2D eigenvalue weighted by molar-refractivity contribution is 0.193. The molecule has 5 atom stereocenters. The summed E-state index contributed by atoms with van der Waals surface area (Å²) in [4.78, 5) is 0. The average molecular weight is 213 g/mol. The summed E-state index contributed by atoms with van der Waals surface area (Å²) >= 11 is 0. The van der Waals surface area contributed by atoms with Gasteiger partial charge in [-0.3, -0.25) is 0 Å². The quantitative estimate of drug-likeness (QED) is 0.705. The molecule has 1 saturated carbocycles. The molecule has 2 fully saturated rings. The molecule has 15 heavy (non-hydrogen) atoms. The fourth-order valence-electron chi connectivity index (χ4n) is 3.57. The molecule has 2 rings (SSSR count). The van der Waals surface area contributed by atoms with Crippen LogP contribution in [-0.4, -0.2) is 18.3 Å². The summed E-state index contributed by atoms with van der Waals surface area (Å²) in [5.41, 5.74) is 0.300. The van der Waals surface area contributed by atoms with Gasteiger partial charge >= 0.3 is 0 Å². The lowest BCUT2D eigenvalue weighted by atomic mass is 9.81. The van der Waals surface area contributed by atoms with E-state index in [2.05, 4.69) is 33.0 Å². The topological polar surface area (TPSA) is 12.0 Å². The molecule has 88 valence electrons. The second kappa shape index (κ2) is 3.73. The number of alkyl halides is 1. The second-order valence-corrected chi connectivity index (χ2v) is 6.66. The summed E-state index contributed by atoms with van der Waals surface area (Å²) < 4.78 is 13.8. The first-order valence-electron chi connectivity index (χ1n) is 6.28. The van der Waals surface area contributed by atoms with Crippen LogP contribution in [-0.2, 0) is 0 Å². The molecule has 0 spiro atoms. The Morgan fingerprint density at radius 2 is 1.93 bits per heavy atom. The molecule has 0 aromatic heterocycles. The number of hydrogen-bond acceptors (Lipinski definition) is 1. The first kappa shape index (κ1) is 11.4. The van der Waals surface area contributed by atoms with Crippen molar-refractivity contribution in [1.29, 1.82) is 0 Å². The molecular formula is C13H24FN. The standard InChI is InChI=1S/C13H24FN/c1-8-9-5-6-10(14)12(9)11(15-8)7-13(2,3)4/h8-12,15H,5-7H2,1-4H3. The monoisotopic (exact) mass is 213 g/mol. The SMILES string of the molecule is CC1NC(CC(C)(C)C)C2C(F)CCC12. The zero-order valence-electron chi connectivity index (χ0n) is 10.4. The maximum Gasteiger partial charge on any atom is 0.105 e. The summed E-state index contributed by atoms with van der Waals surface area (Å²) in [7, 11) is 0. The Balaban J connectivity index is 2.07. The van der Waals surface area contributed by atoms with Crippen LogP contribution in [0.15, 0.2) is 0 Å². The molecule has 0 aromatic rings. The molecule has 1 aliphatic carbocycles. The predicted molar refractivity (Wildman–Crippen MR) is 61.6 cm³/mol. The molecule has 1 N–H and O–H groups in total. The molecule has 0 radical (unpaired) electrons. The van der Waals surface area contributed by atoms with Crippen LogP contribution in [0, 0.1) is 17.3 Å². The molecule has 2 heteroatoms. The van der Waals surface area contributed by atoms with Gasteiger partial charge in [0.1, 0.15) is 6.17 Å². The van der Waals surface area contributed by atoms with Crippen molar-refractivity contribution in [2.45, 2.75) is 65.2 Å². The largest absolute Gasteiger partial charge is 0.311 e. The zero-order valence-corrected chi connectivity index (χ0v) is 10.4. The molecule has 1 aliphatic heterocycles. The number of rotatable bonds is 1. The first-order valence-corrected chi connectivity index (χ1v) is 6.28. The minimum atomic E-state index is -0.556. The Morgan fingerprint density at radius 3 is 2.53 bits per heavy atom. The Labute approximate surface area is 92.8 Å². The third kappa shape index (κ3) is 2.20. The molecule has 5 unspecified atom stereocenters. The zero-order chi connectivity index (χ0) is 11.2. The summed E-state index contributed by atoms with van der Waals surface area (Å²) in [6.45, 7) is 8.96. The number of nitrogens with one attached hydrogen (secondary N) is 1. The molecule has 0 aromatic carbocycles. The average Bonchev–Trinajstić information content (AvgIpc) is 2.54. The minimum absolute atomic E-state index is 0.291. The van der Waals surface area contributed by atoms with Crippen LogP contribution in [0.4, 0.5) is 4.39 Å². The van der Waals surface area contributed by atoms with E-state index in [0.717, 1.165) is 19.3 Å². The van der Waals surface area contributed by atoms with E-state index < -0.39 is 6.17 Å². The van der Waals surface area contributed by atoms with Gasteiger partial charge in [-0.2, -0.15) is 0 Å². The molecule has 1 nitrogen and oxygen atoms in total. The van der Waals surface area contributed by atoms with Crippen LogP contribution in [0.5, 0.6) is 0 Å². The van der Waals surface area contributed by atoms with Crippen molar-refractivity contribution in [3.8, 4) is 0 Å². The second-order valence-electron chi connectivity index (χ2n) is 6.66. The lowest BCUT2D eigenvalue weighted by Crippen LogP contribution is -2.36. The van der Waals surface area contributed by atoms with Gasteiger partial charge in [-0.25, -0.2) is 4.39 Å². The minimum Gasteiger partial charge on any atom is -0.311 e. The van der Waals surface area contributed by atoms with Crippen molar-refractivity contribution in [3.63, 3.8) is 0 Å². The van der Waals surface area contributed by atoms with Crippen molar-refractivity contribution in [1.82, 2.24) is 5.32 Å². The fourth-order valence-corrected chi connectivity index (χ4v) is 3.57. The Kier molecular flexibility index (Phi) is 2.83. The summed E-state index contributed by atoms with van der Waals surface area (Å²) in [6.07, 6.45) is 2.42. The van der Waals surface area contributed by atoms with E-state index in [-0.39, 0.29) is 0 Å². The van der Waals surface area contributed by atoms with E-state index in [9.17, 15) is 4.39 Å². The van der Waals surface area contributed by atoms with E-state index in [0.29, 0.717) is 29.3 Å². The van der Waals surface area contributed by atoms with Gasteiger partial charge in [-0.15, -0.1) is 0 Å². The number of fused-ring (bicyclic) bond motifs is 1. The fraction of sp³-hybridized carbons (Fsp3) is 1.00. The van der Waals surface area contributed by atoms with Crippen LogP contribution in [0.2, 0.25) is 0 Å². The van der Waals surface area contributed by atoms with Crippen LogP contribution >= 0.6 is 0 Å². The van der Waals surface area contributed by atoms with Gasteiger partial charge in [-0.05, 0) is 37.5 Å². The molecular weight excluding hydrogens is 189 g/mol. The highest BCUT2D eigenvalue weighted by Crippen LogP contribution is 2.45. The van der Waals surface area contributed by atoms with Gasteiger partial charge in [0, 0.05) is 18.0 Å². The predicted octanol–water partition coefficient (Wildman–Crippen LogP) is 3.15. The van der Waals surface area contributed by atoms with E-state index in [1.807, 2.05) is 0 Å². The molecule has 0 bridgehead atoms. The molecule has 1 heterocycles. The smallest absolute Gasteiger partial charge is 0.105 e. The van der Waals surface area contributed by atoms with Gasteiger partial charge in [0.25, 0.3) is 0 Å². The van der Waals surface area contributed by atoms with E-state index >= 15 is 0 Å². The van der Waals surface area contributed by atoms with E-state index in [1.54, 1.807) is 0 Å². The van der Waals surface area contributed by atoms with Crippen molar-refractivity contribution >= 4 is 0 Å². The Morgan fingerprint density at radius 1 is 1.27 bits per heavy atom. The van der Waals surface area contributed by atoms with Crippen LogP contribution in [0.25, 0.3) is 0 Å². The van der Waals surface area contributed by atoms with Gasteiger partial charge in [0.2, 0.25) is 0 Å². The first-order chi connectivity index (χ1) is 6.88. The normalized spacial score (nSPS) is 45.8.